The fourth-order valence-corrected chi connectivity index (χ4v) is 2.02. The maximum absolute atomic E-state index is 11.2. The van der Waals surface area contributed by atoms with Crippen LogP contribution in [0.5, 0.6) is 0 Å². The molecule has 7 heteroatoms. The van der Waals surface area contributed by atoms with E-state index in [1.807, 2.05) is 6.07 Å². The number of halogens is 1. The van der Waals surface area contributed by atoms with Crippen LogP contribution in [0, 0.1) is 10.1 Å². The van der Waals surface area contributed by atoms with Crippen LogP contribution in [0.1, 0.15) is 10.4 Å². The molecule has 2 aromatic rings. The number of hydrogen-bond acceptors (Lipinski definition) is 4. The van der Waals surface area contributed by atoms with Crippen LogP contribution < -0.4 is 5.32 Å². The molecule has 0 saturated heterocycles. The number of para-hydroxylation sites is 1. The van der Waals surface area contributed by atoms with Crippen molar-refractivity contribution in [3.8, 4) is 0 Å². The summed E-state index contributed by atoms with van der Waals surface area (Å²) < 4.78 is 0.759. The molecule has 0 bridgehead atoms. The third-order valence-corrected chi connectivity index (χ3v) is 3.28. The number of nitrogens with zero attached hydrogens (tertiary/aromatic N) is 1. The molecule has 0 heterocycles. The molecule has 0 atom stereocenters. The normalized spacial score (nSPS) is 10.1. The fourth-order valence-electron chi connectivity index (χ4n) is 1.64. The van der Waals surface area contributed by atoms with Crippen LogP contribution in [0.15, 0.2) is 46.9 Å². The maximum Gasteiger partial charge on any atom is 0.338 e. The lowest BCUT2D eigenvalue weighted by atomic mass is 10.1. The first kappa shape index (κ1) is 14.0. The molecule has 0 unspecified atom stereocenters. The van der Waals surface area contributed by atoms with Crippen molar-refractivity contribution < 1.29 is 14.8 Å². The van der Waals surface area contributed by atoms with Crippen molar-refractivity contribution in [2.75, 3.05) is 5.32 Å². The third-order valence-electron chi connectivity index (χ3n) is 2.59. The highest BCUT2D eigenvalue weighted by molar-refractivity contribution is 9.10. The van der Waals surface area contributed by atoms with E-state index in [0.29, 0.717) is 5.69 Å². The zero-order valence-electron chi connectivity index (χ0n) is 10.0. The molecule has 0 saturated carbocycles. The minimum absolute atomic E-state index is 0.157. The van der Waals surface area contributed by atoms with Gasteiger partial charge in [0.1, 0.15) is 0 Å². The predicted molar refractivity (Wildman–Crippen MR) is 77.5 cm³/mol. The lowest BCUT2D eigenvalue weighted by Crippen LogP contribution is -2.04. The Morgan fingerprint density at radius 2 is 1.90 bits per heavy atom. The highest BCUT2D eigenvalue weighted by Crippen LogP contribution is 2.29. The van der Waals surface area contributed by atoms with Gasteiger partial charge >= 0.3 is 5.97 Å². The number of hydrogen-bond donors (Lipinski definition) is 2. The van der Waals surface area contributed by atoms with Gasteiger partial charge in [-0.2, -0.15) is 0 Å². The summed E-state index contributed by atoms with van der Waals surface area (Å²) in [5, 5.41) is 22.8. The second kappa shape index (κ2) is 5.70. The molecule has 20 heavy (non-hydrogen) atoms. The first-order valence-corrected chi connectivity index (χ1v) is 6.31. The lowest BCUT2D eigenvalue weighted by molar-refractivity contribution is -0.384. The van der Waals surface area contributed by atoms with E-state index in [4.69, 9.17) is 5.11 Å². The molecular weight excluding hydrogens is 328 g/mol. The summed E-state index contributed by atoms with van der Waals surface area (Å²) in [5.74, 6) is -1.23. The highest BCUT2D eigenvalue weighted by atomic mass is 79.9. The van der Waals surface area contributed by atoms with E-state index in [2.05, 4.69) is 21.2 Å². The van der Waals surface area contributed by atoms with E-state index < -0.39 is 10.9 Å². The van der Waals surface area contributed by atoms with E-state index in [-0.39, 0.29) is 16.9 Å². The van der Waals surface area contributed by atoms with Crippen LogP contribution in [-0.2, 0) is 0 Å². The summed E-state index contributed by atoms with van der Waals surface area (Å²) >= 11 is 3.33. The van der Waals surface area contributed by atoms with E-state index in [9.17, 15) is 14.9 Å². The molecule has 0 aliphatic rings. The summed E-state index contributed by atoms with van der Waals surface area (Å²) in [4.78, 5) is 21.3. The summed E-state index contributed by atoms with van der Waals surface area (Å²) in [6.45, 7) is 0. The molecule has 0 radical (unpaired) electrons. The average Bonchev–Trinajstić information content (AvgIpc) is 2.41. The zero-order valence-corrected chi connectivity index (χ0v) is 11.6. The van der Waals surface area contributed by atoms with Gasteiger partial charge in [0, 0.05) is 16.6 Å². The number of nitro groups is 1. The molecule has 0 aliphatic carbocycles. The molecule has 0 amide bonds. The lowest BCUT2D eigenvalue weighted by Gasteiger charge is -2.10. The summed E-state index contributed by atoms with van der Waals surface area (Å²) in [6.07, 6.45) is 0. The van der Waals surface area contributed by atoms with E-state index in [1.54, 1.807) is 18.2 Å². The average molecular weight is 337 g/mol. The van der Waals surface area contributed by atoms with Crippen molar-refractivity contribution in [1.82, 2.24) is 0 Å². The number of benzene rings is 2. The van der Waals surface area contributed by atoms with Gasteiger partial charge in [0.25, 0.3) is 5.69 Å². The van der Waals surface area contributed by atoms with Gasteiger partial charge in [-0.25, -0.2) is 4.79 Å². The second-order valence-electron chi connectivity index (χ2n) is 3.90. The molecule has 0 aromatic heterocycles. The summed E-state index contributed by atoms with van der Waals surface area (Å²) in [5.41, 5.74) is 0.536. The number of non-ortho nitro benzene ring substituents is 1. The zero-order chi connectivity index (χ0) is 14.7. The van der Waals surface area contributed by atoms with Gasteiger partial charge in [0.2, 0.25) is 0 Å². The Bertz CT molecular complexity index is 688. The van der Waals surface area contributed by atoms with Crippen LogP contribution in [0.3, 0.4) is 0 Å². The molecule has 6 nitrogen and oxygen atoms in total. The Hall–Kier alpha value is -2.41. The SMILES string of the molecule is O=C(O)c1cc([N+](=O)[O-])ccc1Nc1ccccc1Br. The Balaban J connectivity index is 2.44. The van der Waals surface area contributed by atoms with E-state index in [1.165, 1.54) is 12.1 Å². The topological polar surface area (TPSA) is 92.5 Å². The van der Waals surface area contributed by atoms with Crippen molar-refractivity contribution in [3.63, 3.8) is 0 Å². The second-order valence-corrected chi connectivity index (χ2v) is 4.75. The quantitative estimate of drug-likeness (QED) is 0.654. The number of carboxylic acid groups (broad SMARTS) is 1. The maximum atomic E-state index is 11.2. The van der Waals surface area contributed by atoms with Crippen molar-refractivity contribution in [1.29, 1.82) is 0 Å². The van der Waals surface area contributed by atoms with Crippen LogP contribution in [-0.4, -0.2) is 16.0 Å². The Morgan fingerprint density at radius 3 is 2.50 bits per heavy atom. The molecule has 102 valence electrons. The van der Waals surface area contributed by atoms with E-state index in [0.717, 1.165) is 10.5 Å². The standard InChI is InChI=1S/C13H9BrN2O4/c14-10-3-1-2-4-12(10)15-11-6-5-8(16(19)20)7-9(11)13(17)18/h1-7,15H,(H,17,18). The van der Waals surface area contributed by atoms with E-state index >= 15 is 0 Å². The van der Waals surface area contributed by atoms with Gasteiger partial charge < -0.3 is 10.4 Å². The van der Waals surface area contributed by atoms with Crippen LogP contribution in [0.4, 0.5) is 17.1 Å². The number of nitro benzene ring substituents is 1. The largest absolute Gasteiger partial charge is 0.478 e. The third kappa shape index (κ3) is 2.94. The molecule has 2 N–H and O–H groups in total. The first-order chi connectivity index (χ1) is 9.49. The van der Waals surface area contributed by atoms with Crippen molar-refractivity contribution in [2.24, 2.45) is 0 Å². The van der Waals surface area contributed by atoms with Crippen LogP contribution in [0.25, 0.3) is 0 Å². The Morgan fingerprint density at radius 1 is 1.20 bits per heavy atom. The number of rotatable bonds is 4. The van der Waals surface area contributed by atoms with Gasteiger partial charge in [0.15, 0.2) is 0 Å². The monoisotopic (exact) mass is 336 g/mol. The number of aromatic carboxylic acids is 1. The summed E-state index contributed by atoms with van der Waals surface area (Å²) in [6, 6.07) is 10.8. The number of carbonyl (C=O) groups is 1. The van der Waals surface area contributed by atoms with Gasteiger partial charge in [-0.1, -0.05) is 12.1 Å². The molecule has 2 aromatic carbocycles. The Labute approximate surface area is 122 Å². The number of anilines is 2. The molecule has 0 aliphatic heterocycles. The number of carboxylic acids is 1. The Kier molecular flexibility index (Phi) is 3.99. The van der Waals surface area contributed by atoms with Gasteiger partial charge in [-0.3, -0.25) is 10.1 Å². The number of nitrogens with one attached hydrogen (secondary N) is 1. The van der Waals surface area contributed by atoms with Crippen molar-refractivity contribution in [2.45, 2.75) is 0 Å². The fraction of sp³-hybridized carbons (Fsp3) is 0. The molecular formula is C13H9BrN2O4. The van der Waals surface area contributed by atoms with Gasteiger partial charge in [-0.05, 0) is 34.1 Å². The predicted octanol–water partition coefficient (Wildman–Crippen LogP) is 3.80. The molecule has 0 spiro atoms. The van der Waals surface area contributed by atoms with Crippen LogP contribution >= 0.6 is 15.9 Å². The minimum Gasteiger partial charge on any atom is -0.478 e. The summed E-state index contributed by atoms with van der Waals surface area (Å²) in [7, 11) is 0. The first-order valence-electron chi connectivity index (χ1n) is 5.52. The molecule has 0 fully saturated rings. The minimum atomic E-state index is -1.23. The molecule has 2 rings (SSSR count). The van der Waals surface area contributed by atoms with Gasteiger partial charge in [0.05, 0.1) is 21.9 Å². The highest BCUT2D eigenvalue weighted by Gasteiger charge is 2.16. The van der Waals surface area contributed by atoms with Crippen molar-refractivity contribution in [3.05, 3.63) is 62.6 Å². The smallest absolute Gasteiger partial charge is 0.338 e. The van der Waals surface area contributed by atoms with Crippen molar-refractivity contribution >= 4 is 39.0 Å². The van der Waals surface area contributed by atoms with Gasteiger partial charge in [-0.15, -0.1) is 0 Å². The van der Waals surface area contributed by atoms with Crippen LogP contribution in [0.2, 0.25) is 0 Å².